The maximum absolute atomic E-state index is 12.1. The van der Waals surface area contributed by atoms with Crippen LogP contribution in [0.15, 0.2) is 6.20 Å². The minimum atomic E-state index is 0.134. The molecule has 2 aliphatic rings. The monoisotopic (exact) mass is 234 g/mol. The average molecular weight is 234 g/mol. The van der Waals surface area contributed by atoms with Gasteiger partial charge in [-0.1, -0.05) is 0 Å². The zero-order valence-corrected chi connectivity index (χ0v) is 9.83. The number of fused-ring (bicyclic) bond motifs is 1. The summed E-state index contributed by atoms with van der Waals surface area (Å²) >= 11 is 0. The van der Waals surface area contributed by atoms with E-state index in [9.17, 15) is 4.79 Å². The summed E-state index contributed by atoms with van der Waals surface area (Å²) in [5, 5.41) is 13.5. The number of aryl methyl sites for hydroxylation is 1. The van der Waals surface area contributed by atoms with Crippen LogP contribution in [0.25, 0.3) is 0 Å². The van der Waals surface area contributed by atoms with Gasteiger partial charge in [-0.05, 0) is 37.8 Å². The third-order valence-electron chi connectivity index (χ3n) is 3.79. The van der Waals surface area contributed by atoms with Gasteiger partial charge in [-0.3, -0.25) is 9.89 Å². The van der Waals surface area contributed by atoms with Crippen LogP contribution in [0.2, 0.25) is 0 Å². The van der Waals surface area contributed by atoms with E-state index in [1.54, 1.807) is 0 Å². The topological polar surface area (TPSA) is 69.8 Å². The molecule has 17 heavy (non-hydrogen) atoms. The summed E-state index contributed by atoms with van der Waals surface area (Å²) in [7, 11) is 0. The van der Waals surface area contributed by atoms with Crippen molar-refractivity contribution in [1.29, 1.82) is 0 Å². The highest BCUT2D eigenvalue weighted by Crippen LogP contribution is 2.28. The Morgan fingerprint density at radius 2 is 2.41 bits per heavy atom. The van der Waals surface area contributed by atoms with E-state index in [2.05, 4.69) is 20.8 Å². The molecule has 2 atom stereocenters. The summed E-state index contributed by atoms with van der Waals surface area (Å²) < 4.78 is 0. The third kappa shape index (κ3) is 2.07. The van der Waals surface area contributed by atoms with E-state index in [1.165, 1.54) is 5.56 Å². The first-order chi connectivity index (χ1) is 8.34. The molecule has 1 fully saturated rings. The molecule has 3 N–H and O–H groups in total. The zero-order valence-electron chi connectivity index (χ0n) is 9.83. The molecule has 0 radical (unpaired) electrons. The lowest BCUT2D eigenvalue weighted by Crippen LogP contribution is -2.36. The van der Waals surface area contributed by atoms with E-state index in [1.807, 2.05) is 6.20 Å². The quantitative estimate of drug-likeness (QED) is 0.698. The first kappa shape index (κ1) is 10.8. The predicted molar refractivity (Wildman–Crippen MR) is 63.4 cm³/mol. The number of rotatable bonds is 2. The lowest BCUT2D eigenvalue weighted by atomic mass is 9.93. The van der Waals surface area contributed by atoms with E-state index in [4.69, 9.17) is 0 Å². The zero-order chi connectivity index (χ0) is 11.7. The molecular weight excluding hydrogens is 216 g/mol. The second-order valence-corrected chi connectivity index (χ2v) is 4.95. The van der Waals surface area contributed by atoms with Gasteiger partial charge in [-0.15, -0.1) is 0 Å². The fourth-order valence-corrected chi connectivity index (χ4v) is 2.78. The molecule has 1 saturated heterocycles. The fourth-order valence-electron chi connectivity index (χ4n) is 2.78. The first-order valence-electron chi connectivity index (χ1n) is 6.38. The number of aromatic amines is 1. The molecule has 2 heterocycles. The number of hydrogen-bond acceptors (Lipinski definition) is 3. The van der Waals surface area contributed by atoms with E-state index < -0.39 is 0 Å². The minimum absolute atomic E-state index is 0.134. The summed E-state index contributed by atoms with van der Waals surface area (Å²) in [4.78, 5) is 12.1. The lowest BCUT2D eigenvalue weighted by Gasteiger charge is -2.24. The molecule has 92 valence electrons. The van der Waals surface area contributed by atoms with Crippen molar-refractivity contribution in [1.82, 2.24) is 20.8 Å². The summed E-state index contributed by atoms with van der Waals surface area (Å²) in [6.07, 6.45) is 6.05. The number of nitrogens with zero attached hydrogens (tertiary/aromatic N) is 1. The molecule has 0 spiro atoms. The highest BCUT2D eigenvalue weighted by molar-refractivity contribution is 5.79. The molecule has 1 aliphatic carbocycles. The Kier molecular flexibility index (Phi) is 2.84. The second kappa shape index (κ2) is 4.49. The standard InChI is InChI=1S/C12H18N4O/c17-12(9-4-5-13-6-9)15-10-3-1-2-8-7-14-16-11(8)10/h7,9-10,13H,1-6H2,(H,14,16)(H,15,17). The summed E-state index contributed by atoms with van der Waals surface area (Å²) in [6, 6.07) is 0.134. The van der Waals surface area contributed by atoms with E-state index in [-0.39, 0.29) is 17.9 Å². The van der Waals surface area contributed by atoms with Gasteiger partial charge in [0.1, 0.15) is 0 Å². The number of amides is 1. The average Bonchev–Trinajstić information content (AvgIpc) is 3.00. The Balaban J connectivity index is 1.68. The van der Waals surface area contributed by atoms with Crippen LogP contribution in [0, 0.1) is 5.92 Å². The van der Waals surface area contributed by atoms with Gasteiger partial charge in [0.2, 0.25) is 5.91 Å². The second-order valence-electron chi connectivity index (χ2n) is 4.95. The Morgan fingerprint density at radius 3 is 3.24 bits per heavy atom. The molecule has 0 aromatic carbocycles. The number of carbonyl (C=O) groups is 1. The summed E-state index contributed by atoms with van der Waals surface area (Å²) in [5.41, 5.74) is 2.36. The molecule has 3 rings (SSSR count). The Hall–Kier alpha value is -1.36. The van der Waals surface area contributed by atoms with Crippen LogP contribution in [0.3, 0.4) is 0 Å². The molecule has 0 bridgehead atoms. The number of aromatic nitrogens is 2. The Labute approximate surface area is 100 Å². The molecule has 5 nitrogen and oxygen atoms in total. The van der Waals surface area contributed by atoms with Crippen molar-refractivity contribution >= 4 is 5.91 Å². The van der Waals surface area contributed by atoms with Crippen molar-refractivity contribution in [2.45, 2.75) is 31.7 Å². The molecule has 1 aromatic heterocycles. The molecule has 1 aromatic rings. The summed E-state index contributed by atoms with van der Waals surface area (Å²) in [6.45, 7) is 1.77. The van der Waals surface area contributed by atoms with Crippen LogP contribution in [0.4, 0.5) is 0 Å². The van der Waals surface area contributed by atoms with Crippen LogP contribution in [0.5, 0.6) is 0 Å². The normalized spacial score (nSPS) is 27.8. The number of carbonyl (C=O) groups excluding carboxylic acids is 1. The molecule has 1 aliphatic heterocycles. The maximum atomic E-state index is 12.1. The molecule has 5 heteroatoms. The number of nitrogens with one attached hydrogen (secondary N) is 3. The van der Waals surface area contributed by atoms with Gasteiger partial charge in [-0.25, -0.2) is 0 Å². The third-order valence-corrected chi connectivity index (χ3v) is 3.79. The van der Waals surface area contributed by atoms with Gasteiger partial charge in [0.05, 0.1) is 23.9 Å². The van der Waals surface area contributed by atoms with Gasteiger partial charge in [0, 0.05) is 6.54 Å². The van der Waals surface area contributed by atoms with Gasteiger partial charge in [-0.2, -0.15) is 5.10 Å². The first-order valence-corrected chi connectivity index (χ1v) is 6.38. The van der Waals surface area contributed by atoms with Crippen molar-refractivity contribution in [2.75, 3.05) is 13.1 Å². The Bertz CT molecular complexity index is 408. The van der Waals surface area contributed by atoms with Crippen molar-refractivity contribution < 1.29 is 4.79 Å². The van der Waals surface area contributed by atoms with Gasteiger partial charge >= 0.3 is 0 Å². The van der Waals surface area contributed by atoms with E-state index >= 15 is 0 Å². The predicted octanol–water partition coefficient (Wildman–Crippen LogP) is 0.513. The molecular formula is C12H18N4O. The minimum Gasteiger partial charge on any atom is -0.347 e. The van der Waals surface area contributed by atoms with Crippen molar-refractivity contribution in [3.63, 3.8) is 0 Å². The van der Waals surface area contributed by atoms with Crippen molar-refractivity contribution in [3.8, 4) is 0 Å². The van der Waals surface area contributed by atoms with Crippen LogP contribution in [-0.2, 0) is 11.2 Å². The lowest BCUT2D eigenvalue weighted by molar-refractivity contribution is -0.125. The largest absolute Gasteiger partial charge is 0.347 e. The SMILES string of the molecule is O=C(NC1CCCc2cn[nH]c21)C1CCNC1. The van der Waals surface area contributed by atoms with Crippen molar-refractivity contribution in [3.05, 3.63) is 17.5 Å². The van der Waals surface area contributed by atoms with Gasteiger partial charge in [0.25, 0.3) is 0 Å². The smallest absolute Gasteiger partial charge is 0.224 e. The number of hydrogen-bond donors (Lipinski definition) is 3. The van der Waals surface area contributed by atoms with Crippen LogP contribution in [-0.4, -0.2) is 29.2 Å². The van der Waals surface area contributed by atoms with Crippen LogP contribution >= 0.6 is 0 Å². The van der Waals surface area contributed by atoms with Crippen LogP contribution < -0.4 is 10.6 Å². The molecule has 2 unspecified atom stereocenters. The van der Waals surface area contributed by atoms with Gasteiger partial charge < -0.3 is 10.6 Å². The number of H-pyrrole nitrogens is 1. The highest BCUT2D eigenvalue weighted by atomic mass is 16.2. The Morgan fingerprint density at radius 1 is 1.47 bits per heavy atom. The fraction of sp³-hybridized carbons (Fsp3) is 0.667. The van der Waals surface area contributed by atoms with Gasteiger partial charge in [0.15, 0.2) is 0 Å². The van der Waals surface area contributed by atoms with Crippen LogP contribution in [0.1, 0.15) is 36.6 Å². The summed E-state index contributed by atoms with van der Waals surface area (Å²) in [5.74, 6) is 0.325. The van der Waals surface area contributed by atoms with E-state index in [0.717, 1.165) is 44.5 Å². The highest BCUT2D eigenvalue weighted by Gasteiger charge is 2.28. The molecule has 0 saturated carbocycles. The van der Waals surface area contributed by atoms with Crippen molar-refractivity contribution in [2.24, 2.45) is 5.92 Å². The maximum Gasteiger partial charge on any atom is 0.224 e. The molecule has 1 amide bonds. The van der Waals surface area contributed by atoms with E-state index in [0.29, 0.717) is 0 Å².